The van der Waals surface area contributed by atoms with Crippen LogP contribution in [0.5, 0.6) is 5.75 Å². The van der Waals surface area contributed by atoms with Crippen LogP contribution >= 0.6 is 23.5 Å². The van der Waals surface area contributed by atoms with E-state index in [4.69, 9.17) is 10.6 Å². The third-order valence-corrected chi connectivity index (χ3v) is 5.90. The molecule has 0 aliphatic carbocycles. The second-order valence-electron chi connectivity index (χ2n) is 5.91. The Hall–Kier alpha value is -2.40. The first-order valence-corrected chi connectivity index (χ1v) is 11.1. The molecule has 0 bridgehead atoms. The first kappa shape index (κ1) is 22.9. The molecule has 3 N–H and O–H groups in total. The number of hydrogen-bond donors (Lipinski definition) is 2. The van der Waals surface area contributed by atoms with Crippen molar-refractivity contribution in [3.8, 4) is 5.75 Å². The number of amides is 2. The molecule has 158 valence electrons. The topological polar surface area (TPSA) is 115 Å². The van der Waals surface area contributed by atoms with Gasteiger partial charge >= 0.3 is 0 Å². The summed E-state index contributed by atoms with van der Waals surface area (Å²) in [7, 11) is 1.60. The Balaban J connectivity index is 1.80. The van der Waals surface area contributed by atoms with Gasteiger partial charge in [0.25, 0.3) is 0 Å². The van der Waals surface area contributed by atoms with E-state index >= 15 is 0 Å². The Morgan fingerprint density at radius 1 is 1.17 bits per heavy atom. The number of hydrogen-bond acceptors (Lipinski definition) is 8. The number of nitrogen functional groups attached to an aromatic ring is 1. The van der Waals surface area contributed by atoms with Crippen LogP contribution in [0.2, 0.25) is 0 Å². The number of thioether (sulfide) groups is 2. The van der Waals surface area contributed by atoms with E-state index in [1.54, 1.807) is 12.0 Å². The van der Waals surface area contributed by atoms with E-state index in [2.05, 4.69) is 15.5 Å². The summed E-state index contributed by atoms with van der Waals surface area (Å²) >= 11 is 2.41. The second-order valence-corrected chi connectivity index (χ2v) is 7.79. The fourth-order valence-electron chi connectivity index (χ4n) is 2.42. The highest BCUT2D eigenvalue weighted by atomic mass is 32.2. The first-order chi connectivity index (χ1) is 14.0. The van der Waals surface area contributed by atoms with Crippen molar-refractivity contribution in [2.75, 3.05) is 37.5 Å². The van der Waals surface area contributed by atoms with Gasteiger partial charge in [-0.15, -0.1) is 10.2 Å². The minimum absolute atomic E-state index is 0.0223. The van der Waals surface area contributed by atoms with Crippen LogP contribution < -0.4 is 15.9 Å². The molecule has 9 nitrogen and oxygen atoms in total. The van der Waals surface area contributed by atoms with Crippen molar-refractivity contribution in [3.63, 3.8) is 0 Å². The highest BCUT2D eigenvalue weighted by molar-refractivity contribution is 8.00. The largest absolute Gasteiger partial charge is 0.497 e. The number of benzene rings is 1. The fraction of sp³-hybridized carbons (Fsp3) is 0.444. The van der Waals surface area contributed by atoms with E-state index in [0.717, 1.165) is 11.3 Å². The highest BCUT2D eigenvalue weighted by Gasteiger charge is 2.16. The van der Waals surface area contributed by atoms with Crippen molar-refractivity contribution >= 4 is 35.3 Å². The van der Waals surface area contributed by atoms with Gasteiger partial charge in [0.15, 0.2) is 0 Å². The van der Waals surface area contributed by atoms with Crippen molar-refractivity contribution in [1.82, 2.24) is 25.1 Å². The van der Waals surface area contributed by atoms with Crippen LogP contribution in [0.25, 0.3) is 0 Å². The molecule has 0 radical (unpaired) electrons. The Morgan fingerprint density at radius 2 is 1.83 bits per heavy atom. The smallest absolute Gasteiger partial charge is 0.233 e. The Bertz CT molecular complexity index is 826. The number of rotatable bonds is 11. The molecule has 0 saturated carbocycles. The second kappa shape index (κ2) is 11.6. The van der Waals surface area contributed by atoms with Gasteiger partial charge in [0, 0.05) is 19.6 Å². The summed E-state index contributed by atoms with van der Waals surface area (Å²) in [6.45, 7) is 5.60. The molecule has 11 heteroatoms. The Labute approximate surface area is 178 Å². The van der Waals surface area contributed by atoms with Crippen LogP contribution in [-0.4, -0.2) is 63.3 Å². The van der Waals surface area contributed by atoms with Gasteiger partial charge in [-0.25, -0.2) is 4.68 Å². The van der Waals surface area contributed by atoms with Gasteiger partial charge < -0.3 is 20.8 Å². The van der Waals surface area contributed by atoms with Crippen LogP contribution in [-0.2, 0) is 16.1 Å². The van der Waals surface area contributed by atoms with E-state index in [1.165, 1.54) is 28.2 Å². The van der Waals surface area contributed by atoms with Gasteiger partial charge in [0.05, 0.1) is 18.6 Å². The highest BCUT2D eigenvalue weighted by Crippen LogP contribution is 2.21. The lowest BCUT2D eigenvalue weighted by atomic mass is 10.2. The third-order valence-electron chi connectivity index (χ3n) is 4.03. The maximum absolute atomic E-state index is 12.1. The van der Waals surface area contributed by atoms with E-state index < -0.39 is 0 Å². The van der Waals surface area contributed by atoms with Crippen molar-refractivity contribution in [3.05, 3.63) is 29.8 Å². The first-order valence-electron chi connectivity index (χ1n) is 9.11. The quantitative estimate of drug-likeness (QED) is 0.399. The summed E-state index contributed by atoms with van der Waals surface area (Å²) in [5.41, 5.74) is 0.946. The summed E-state index contributed by atoms with van der Waals surface area (Å²) in [5.74, 6) is 7.01. The molecule has 0 aliphatic heterocycles. The van der Waals surface area contributed by atoms with Crippen LogP contribution in [0.3, 0.4) is 0 Å². The predicted octanol–water partition coefficient (Wildman–Crippen LogP) is 1.37. The monoisotopic (exact) mass is 438 g/mol. The Kier molecular flexibility index (Phi) is 9.13. The van der Waals surface area contributed by atoms with Gasteiger partial charge in [0.2, 0.25) is 22.1 Å². The molecule has 2 aromatic rings. The van der Waals surface area contributed by atoms with Gasteiger partial charge in [-0.3, -0.25) is 9.59 Å². The van der Waals surface area contributed by atoms with Crippen molar-refractivity contribution in [2.45, 2.75) is 30.7 Å². The number of nitrogens with zero attached hydrogens (tertiary/aromatic N) is 4. The summed E-state index contributed by atoms with van der Waals surface area (Å²) < 4.78 is 6.47. The number of carbonyl (C=O) groups is 2. The third kappa shape index (κ3) is 6.86. The molecular weight excluding hydrogens is 412 g/mol. The lowest BCUT2D eigenvalue weighted by Gasteiger charge is -2.17. The summed E-state index contributed by atoms with van der Waals surface area (Å²) in [6, 6.07) is 7.50. The number of carbonyl (C=O) groups excluding carboxylic acids is 2. The molecule has 0 aliphatic rings. The van der Waals surface area contributed by atoms with Gasteiger partial charge in [-0.2, -0.15) is 0 Å². The molecule has 2 amide bonds. The van der Waals surface area contributed by atoms with Crippen molar-refractivity contribution in [2.24, 2.45) is 0 Å². The molecular formula is C18H26N6O3S2. The van der Waals surface area contributed by atoms with Crippen molar-refractivity contribution in [1.29, 1.82) is 0 Å². The lowest BCUT2D eigenvalue weighted by molar-refractivity contribution is -0.128. The number of ether oxygens (including phenoxy) is 1. The zero-order valence-corrected chi connectivity index (χ0v) is 18.4. The van der Waals surface area contributed by atoms with E-state index in [-0.39, 0.29) is 23.3 Å². The van der Waals surface area contributed by atoms with E-state index in [1.807, 2.05) is 38.1 Å². The number of nitrogens with one attached hydrogen (secondary N) is 1. The predicted molar refractivity (Wildman–Crippen MR) is 114 cm³/mol. The molecule has 1 aromatic carbocycles. The molecule has 0 saturated heterocycles. The van der Waals surface area contributed by atoms with Crippen LogP contribution in [0.4, 0.5) is 0 Å². The molecule has 0 atom stereocenters. The van der Waals surface area contributed by atoms with Crippen molar-refractivity contribution < 1.29 is 14.3 Å². The zero-order valence-electron chi connectivity index (χ0n) is 16.8. The van der Waals surface area contributed by atoms with E-state index in [0.29, 0.717) is 29.9 Å². The minimum Gasteiger partial charge on any atom is -0.497 e. The Morgan fingerprint density at radius 3 is 2.45 bits per heavy atom. The SMILES string of the molecule is CCN(CC)C(=O)CSc1nnc(SCC(=O)NCc2cccc(OC)c2)n1N. The summed E-state index contributed by atoms with van der Waals surface area (Å²) in [4.78, 5) is 25.9. The van der Waals surface area contributed by atoms with Gasteiger partial charge in [-0.05, 0) is 31.5 Å². The summed E-state index contributed by atoms with van der Waals surface area (Å²) in [5, 5.41) is 11.7. The molecule has 0 fully saturated rings. The number of aromatic nitrogens is 3. The molecule has 0 unspecified atom stereocenters. The average Bonchev–Trinajstić information content (AvgIpc) is 3.09. The van der Waals surface area contributed by atoms with E-state index in [9.17, 15) is 9.59 Å². The number of methoxy groups -OCH3 is 1. The van der Waals surface area contributed by atoms with Gasteiger partial charge in [0.1, 0.15) is 5.75 Å². The van der Waals surface area contributed by atoms with Crippen LogP contribution in [0.1, 0.15) is 19.4 Å². The minimum atomic E-state index is -0.147. The van der Waals surface area contributed by atoms with Gasteiger partial charge in [-0.1, -0.05) is 35.7 Å². The standard InChI is InChI=1S/C18H26N6O3S2/c1-4-23(5-2)16(26)12-29-18-22-21-17(24(18)19)28-11-15(25)20-10-13-7-6-8-14(9-13)27-3/h6-9H,4-5,10-12,19H2,1-3H3,(H,20,25). The average molecular weight is 439 g/mol. The fourth-order valence-corrected chi connectivity index (χ4v) is 3.92. The normalized spacial score (nSPS) is 10.6. The maximum Gasteiger partial charge on any atom is 0.233 e. The molecule has 29 heavy (non-hydrogen) atoms. The molecule has 2 rings (SSSR count). The molecule has 1 aromatic heterocycles. The zero-order chi connectivity index (χ0) is 21.2. The maximum atomic E-state index is 12.1. The summed E-state index contributed by atoms with van der Waals surface area (Å²) in [6.07, 6.45) is 0. The number of nitrogens with two attached hydrogens (primary N) is 1. The van der Waals surface area contributed by atoms with Crippen LogP contribution in [0, 0.1) is 0 Å². The van der Waals surface area contributed by atoms with Crippen LogP contribution in [0.15, 0.2) is 34.6 Å². The lowest BCUT2D eigenvalue weighted by Crippen LogP contribution is -2.32. The molecule has 0 spiro atoms. The molecule has 1 heterocycles.